The zero-order chi connectivity index (χ0) is 9.26. The number of aromatic amines is 1. The molecule has 1 N–H and O–H groups in total. The van der Waals surface area contributed by atoms with E-state index in [2.05, 4.69) is 11.1 Å². The lowest BCUT2D eigenvalue weighted by atomic mass is 10.2. The van der Waals surface area contributed by atoms with Crippen LogP contribution in [0.5, 0.6) is 0 Å². The molecule has 1 aromatic carbocycles. The average Bonchev–Trinajstić information content (AvgIpc) is 2.58. The first-order valence-corrected chi connectivity index (χ1v) is 4.44. The molecule has 0 unspecified atom stereocenters. The number of hydrogen-bond donors (Lipinski definition) is 1. The summed E-state index contributed by atoms with van der Waals surface area (Å²) in [4.78, 5) is 3.00. The zero-order valence-electron chi connectivity index (χ0n) is 6.84. The molecule has 0 amide bonds. The maximum absolute atomic E-state index is 8.66. The van der Waals surface area contributed by atoms with E-state index >= 15 is 0 Å². The predicted molar refractivity (Wildman–Crippen MR) is 52.6 cm³/mol. The van der Waals surface area contributed by atoms with E-state index in [1.165, 1.54) is 0 Å². The number of benzene rings is 1. The van der Waals surface area contributed by atoms with E-state index in [1.54, 1.807) is 0 Å². The van der Waals surface area contributed by atoms with E-state index in [-0.39, 0.29) is 0 Å². The Morgan fingerprint density at radius 2 is 2.23 bits per heavy atom. The number of nitriles is 1. The molecule has 1 aromatic heterocycles. The van der Waals surface area contributed by atoms with Crippen LogP contribution in [0.1, 0.15) is 11.3 Å². The van der Waals surface area contributed by atoms with Gasteiger partial charge in [-0.05, 0) is 17.7 Å². The molecule has 2 rings (SSSR count). The molecule has 2 aromatic rings. The Bertz CT molecular complexity index is 479. The molecule has 0 saturated carbocycles. The fourth-order valence-electron chi connectivity index (χ4n) is 1.32. The Labute approximate surface area is 80.7 Å². The normalized spacial score (nSPS) is 10.2. The molecule has 0 atom stereocenters. The first kappa shape index (κ1) is 8.15. The summed E-state index contributed by atoms with van der Waals surface area (Å²) in [5, 5.41) is 9.70. The minimum absolute atomic E-state index is 0.497. The standard InChI is InChI=1S/C10H7ClN2/c11-5-7-1-2-8-4-9(6-12)13-10(8)3-7/h1-4,13H,5H2. The van der Waals surface area contributed by atoms with Crippen molar-refractivity contribution in [1.82, 2.24) is 4.98 Å². The topological polar surface area (TPSA) is 39.6 Å². The highest BCUT2D eigenvalue weighted by Crippen LogP contribution is 2.17. The largest absolute Gasteiger partial charge is 0.346 e. The maximum atomic E-state index is 8.66. The number of halogens is 1. The molecule has 13 heavy (non-hydrogen) atoms. The summed E-state index contributed by atoms with van der Waals surface area (Å²) in [6.45, 7) is 0. The molecule has 0 aliphatic heterocycles. The fraction of sp³-hybridized carbons (Fsp3) is 0.100. The van der Waals surface area contributed by atoms with Gasteiger partial charge in [0.25, 0.3) is 0 Å². The van der Waals surface area contributed by atoms with Crippen molar-refractivity contribution < 1.29 is 0 Å². The number of alkyl halides is 1. The van der Waals surface area contributed by atoms with Gasteiger partial charge in [0.15, 0.2) is 0 Å². The van der Waals surface area contributed by atoms with E-state index in [0.717, 1.165) is 16.5 Å². The third kappa shape index (κ3) is 1.39. The number of rotatable bonds is 1. The van der Waals surface area contributed by atoms with Gasteiger partial charge in [-0.15, -0.1) is 11.6 Å². The van der Waals surface area contributed by atoms with Crippen molar-refractivity contribution in [2.75, 3.05) is 0 Å². The van der Waals surface area contributed by atoms with Crippen LogP contribution in [0.3, 0.4) is 0 Å². The molecular weight excluding hydrogens is 184 g/mol. The van der Waals surface area contributed by atoms with Gasteiger partial charge in [-0.2, -0.15) is 5.26 Å². The van der Waals surface area contributed by atoms with Crippen LogP contribution < -0.4 is 0 Å². The van der Waals surface area contributed by atoms with Crippen LogP contribution in [0.4, 0.5) is 0 Å². The van der Waals surface area contributed by atoms with Crippen LogP contribution in [0.2, 0.25) is 0 Å². The fourth-order valence-corrected chi connectivity index (χ4v) is 1.48. The summed E-state index contributed by atoms with van der Waals surface area (Å²) in [5.41, 5.74) is 2.61. The summed E-state index contributed by atoms with van der Waals surface area (Å²) in [5.74, 6) is 0.497. The third-order valence-electron chi connectivity index (χ3n) is 1.96. The Morgan fingerprint density at radius 3 is 2.92 bits per heavy atom. The Balaban J connectivity index is 2.65. The van der Waals surface area contributed by atoms with Crippen LogP contribution in [-0.4, -0.2) is 4.98 Å². The Kier molecular flexibility index (Phi) is 1.96. The van der Waals surface area contributed by atoms with Crippen LogP contribution in [0.15, 0.2) is 24.3 Å². The van der Waals surface area contributed by atoms with Gasteiger partial charge in [-0.1, -0.05) is 12.1 Å². The third-order valence-corrected chi connectivity index (χ3v) is 2.27. The molecule has 2 nitrogen and oxygen atoms in total. The molecule has 3 heteroatoms. The van der Waals surface area contributed by atoms with Crippen molar-refractivity contribution in [2.45, 2.75) is 5.88 Å². The molecule has 64 valence electrons. The lowest BCUT2D eigenvalue weighted by Gasteiger charge is -1.93. The summed E-state index contributed by atoms with van der Waals surface area (Å²) >= 11 is 5.69. The van der Waals surface area contributed by atoms with Crippen molar-refractivity contribution in [3.05, 3.63) is 35.5 Å². The molecule has 0 fully saturated rings. The first-order valence-electron chi connectivity index (χ1n) is 3.91. The highest BCUT2D eigenvalue weighted by atomic mass is 35.5. The summed E-state index contributed by atoms with van der Waals surface area (Å²) in [6.07, 6.45) is 0. The van der Waals surface area contributed by atoms with Gasteiger partial charge in [0.05, 0.1) is 0 Å². The van der Waals surface area contributed by atoms with Gasteiger partial charge in [0.1, 0.15) is 11.8 Å². The van der Waals surface area contributed by atoms with Gasteiger partial charge in [0, 0.05) is 16.8 Å². The second-order valence-electron chi connectivity index (χ2n) is 2.85. The van der Waals surface area contributed by atoms with Crippen LogP contribution >= 0.6 is 11.6 Å². The lowest BCUT2D eigenvalue weighted by Crippen LogP contribution is -1.76. The van der Waals surface area contributed by atoms with Crippen molar-refractivity contribution in [2.24, 2.45) is 0 Å². The molecule has 0 radical (unpaired) electrons. The van der Waals surface area contributed by atoms with Gasteiger partial charge in [-0.3, -0.25) is 0 Å². The zero-order valence-corrected chi connectivity index (χ0v) is 7.60. The molecule has 0 aliphatic carbocycles. The molecular formula is C10H7ClN2. The molecule has 0 aliphatic rings. The van der Waals surface area contributed by atoms with Crippen LogP contribution in [-0.2, 0) is 5.88 Å². The van der Waals surface area contributed by atoms with Crippen LogP contribution in [0.25, 0.3) is 10.9 Å². The summed E-state index contributed by atoms with van der Waals surface area (Å²) in [7, 11) is 0. The minimum atomic E-state index is 0.497. The summed E-state index contributed by atoms with van der Waals surface area (Å²) in [6, 6.07) is 9.78. The van der Waals surface area contributed by atoms with Gasteiger partial charge < -0.3 is 4.98 Å². The number of aromatic nitrogens is 1. The quantitative estimate of drug-likeness (QED) is 0.691. The average molecular weight is 191 g/mol. The molecule has 1 heterocycles. The monoisotopic (exact) mass is 190 g/mol. The van der Waals surface area contributed by atoms with Crippen LogP contribution in [0, 0.1) is 11.3 Å². The lowest BCUT2D eigenvalue weighted by molar-refractivity contribution is 1.35. The first-order chi connectivity index (χ1) is 6.33. The highest BCUT2D eigenvalue weighted by molar-refractivity contribution is 6.17. The van der Waals surface area contributed by atoms with E-state index < -0.39 is 0 Å². The number of H-pyrrole nitrogens is 1. The van der Waals surface area contributed by atoms with E-state index in [4.69, 9.17) is 16.9 Å². The predicted octanol–water partition coefficient (Wildman–Crippen LogP) is 2.78. The van der Waals surface area contributed by atoms with Crippen molar-refractivity contribution in [3.8, 4) is 6.07 Å². The second-order valence-corrected chi connectivity index (χ2v) is 3.12. The molecule has 0 saturated heterocycles. The smallest absolute Gasteiger partial charge is 0.118 e. The van der Waals surface area contributed by atoms with Crippen molar-refractivity contribution in [1.29, 1.82) is 5.26 Å². The minimum Gasteiger partial charge on any atom is -0.346 e. The molecule has 0 spiro atoms. The summed E-state index contributed by atoms with van der Waals surface area (Å²) < 4.78 is 0. The Morgan fingerprint density at radius 1 is 1.38 bits per heavy atom. The van der Waals surface area contributed by atoms with Crippen molar-refractivity contribution >= 4 is 22.5 Å². The number of nitrogens with one attached hydrogen (secondary N) is 1. The van der Waals surface area contributed by atoms with E-state index in [9.17, 15) is 0 Å². The second kappa shape index (κ2) is 3.12. The van der Waals surface area contributed by atoms with Crippen molar-refractivity contribution in [3.63, 3.8) is 0 Å². The van der Waals surface area contributed by atoms with Gasteiger partial charge >= 0.3 is 0 Å². The van der Waals surface area contributed by atoms with Gasteiger partial charge in [-0.25, -0.2) is 0 Å². The highest BCUT2D eigenvalue weighted by Gasteiger charge is 1.99. The number of hydrogen-bond acceptors (Lipinski definition) is 1. The van der Waals surface area contributed by atoms with Gasteiger partial charge in [0.2, 0.25) is 0 Å². The number of fused-ring (bicyclic) bond motifs is 1. The number of nitrogens with zero attached hydrogens (tertiary/aromatic N) is 1. The van der Waals surface area contributed by atoms with E-state index in [0.29, 0.717) is 11.6 Å². The maximum Gasteiger partial charge on any atom is 0.118 e. The Hall–Kier alpha value is -1.46. The SMILES string of the molecule is N#Cc1cc2ccc(CCl)cc2[nH]1. The molecule has 0 bridgehead atoms. The van der Waals surface area contributed by atoms with E-state index in [1.807, 2.05) is 24.3 Å².